The van der Waals surface area contributed by atoms with Crippen molar-refractivity contribution in [3.05, 3.63) is 53.6 Å². The second-order valence-corrected chi connectivity index (χ2v) is 19.9. The molecule has 9 atom stereocenters. The second-order valence-electron chi connectivity index (χ2n) is 17.6. The normalized spacial score (nSPS) is 40.7. The SMILES string of the molecule is C=C(C)[C@@H]1CC[C@]2(NCCS(=O)(=O)CCO)CC[C@]3(C)[C@H](CC[C@@H]4[C@@]5(C)CC=C(c6ccc(C(=O)O)cc6)C(C)(C)[C@@H]5CC[C@]43C)[C@@H]12. The van der Waals surface area contributed by atoms with Crippen LogP contribution in [-0.2, 0) is 9.84 Å². The predicted octanol–water partition coefficient (Wildman–Crippen LogP) is 7.78. The first-order valence-electron chi connectivity index (χ1n) is 18.2. The first kappa shape index (κ1) is 34.9. The molecule has 260 valence electrons. The smallest absolute Gasteiger partial charge is 0.335 e. The van der Waals surface area contributed by atoms with Crippen LogP contribution in [0.5, 0.6) is 0 Å². The van der Waals surface area contributed by atoms with Crippen LogP contribution < -0.4 is 5.32 Å². The lowest BCUT2D eigenvalue weighted by Gasteiger charge is -2.72. The van der Waals surface area contributed by atoms with Gasteiger partial charge in [0.15, 0.2) is 9.84 Å². The highest BCUT2D eigenvalue weighted by molar-refractivity contribution is 7.91. The van der Waals surface area contributed by atoms with Gasteiger partial charge in [0.1, 0.15) is 0 Å². The van der Waals surface area contributed by atoms with E-state index in [9.17, 15) is 23.4 Å². The summed E-state index contributed by atoms with van der Waals surface area (Å²) in [5.74, 6) is 1.69. The summed E-state index contributed by atoms with van der Waals surface area (Å²) in [4.78, 5) is 11.5. The van der Waals surface area contributed by atoms with Crippen LogP contribution in [0.25, 0.3) is 5.57 Å². The maximum absolute atomic E-state index is 12.5. The molecule has 4 saturated carbocycles. The molecule has 0 unspecified atom stereocenters. The highest BCUT2D eigenvalue weighted by atomic mass is 32.2. The maximum atomic E-state index is 12.5. The molecule has 4 fully saturated rings. The van der Waals surface area contributed by atoms with Crippen molar-refractivity contribution in [2.45, 2.75) is 105 Å². The molecular weight excluding hydrogens is 607 g/mol. The van der Waals surface area contributed by atoms with Crippen LogP contribution in [0.3, 0.4) is 0 Å². The summed E-state index contributed by atoms with van der Waals surface area (Å²) >= 11 is 0. The van der Waals surface area contributed by atoms with Crippen molar-refractivity contribution < 1.29 is 23.4 Å². The molecule has 3 N–H and O–H groups in total. The fourth-order valence-electron chi connectivity index (χ4n) is 13.0. The summed E-state index contributed by atoms with van der Waals surface area (Å²) in [6, 6.07) is 7.50. The fraction of sp³-hybridized carbons (Fsp3) is 0.725. The number of carboxylic acid groups (broad SMARTS) is 1. The third kappa shape index (κ3) is 5.31. The van der Waals surface area contributed by atoms with Crippen molar-refractivity contribution in [1.82, 2.24) is 5.32 Å². The van der Waals surface area contributed by atoms with Crippen LogP contribution in [0.4, 0.5) is 0 Å². The molecule has 0 spiro atoms. The maximum Gasteiger partial charge on any atom is 0.335 e. The van der Waals surface area contributed by atoms with Gasteiger partial charge in [-0.25, -0.2) is 13.2 Å². The molecule has 1 aromatic rings. The van der Waals surface area contributed by atoms with E-state index >= 15 is 0 Å². The molecule has 5 aliphatic carbocycles. The van der Waals surface area contributed by atoms with E-state index in [0.717, 1.165) is 31.2 Å². The van der Waals surface area contributed by atoms with Gasteiger partial charge in [0.2, 0.25) is 0 Å². The molecule has 47 heavy (non-hydrogen) atoms. The summed E-state index contributed by atoms with van der Waals surface area (Å²) in [6.45, 7) is 19.6. The van der Waals surface area contributed by atoms with Crippen molar-refractivity contribution in [3.8, 4) is 0 Å². The number of hydrogen-bond acceptors (Lipinski definition) is 5. The van der Waals surface area contributed by atoms with Gasteiger partial charge >= 0.3 is 5.97 Å². The number of aliphatic hydroxyl groups is 1. The van der Waals surface area contributed by atoms with Crippen LogP contribution in [-0.4, -0.2) is 54.8 Å². The molecule has 0 radical (unpaired) electrons. The van der Waals surface area contributed by atoms with Crippen molar-refractivity contribution in [1.29, 1.82) is 0 Å². The van der Waals surface area contributed by atoms with E-state index < -0.39 is 15.8 Å². The quantitative estimate of drug-likeness (QED) is 0.233. The molecule has 0 amide bonds. The lowest BCUT2D eigenvalue weighted by molar-refractivity contribution is -0.219. The summed E-state index contributed by atoms with van der Waals surface area (Å²) in [5, 5.41) is 22.6. The van der Waals surface area contributed by atoms with Gasteiger partial charge in [-0.2, -0.15) is 0 Å². The fourth-order valence-corrected chi connectivity index (χ4v) is 13.9. The van der Waals surface area contributed by atoms with Crippen molar-refractivity contribution in [2.24, 2.45) is 51.2 Å². The average molecular weight is 666 g/mol. The summed E-state index contributed by atoms with van der Waals surface area (Å²) in [6.07, 6.45) is 12.9. The zero-order valence-corrected chi connectivity index (χ0v) is 30.5. The minimum absolute atomic E-state index is 0.0185. The summed E-state index contributed by atoms with van der Waals surface area (Å²) in [5.41, 5.74) is 4.66. The molecule has 0 aromatic heterocycles. The third-order valence-electron chi connectivity index (χ3n) is 15.4. The van der Waals surface area contributed by atoms with E-state index in [0.29, 0.717) is 41.7 Å². The number of carboxylic acids is 1. The first-order chi connectivity index (χ1) is 22.0. The molecule has 1 aromatic carbocycles. The minimum Gasteiger partial charge on any atom is -0.478 e. The van der Waals surface area contributed by atoms with Crippen LogP contribution in [0.15, 0.2) is 42.5 Å². The highest BCUT2D eigenvalue weighted by Gasteiger charge is 2.70. The third-order valence-corrected chi connectivity index (χ3v) is 17.0. The van der Waals surface area contributed by atoms with Gasteiger partial charge in [0.05, 0.1) is 23.7 Å². The lowest BCUT2D eigenvalue weighted by atomic mass is 9.33. The molecule has 0 aliphatic heterocycles. The number of benzene rings is 1. The molecule has 0 bridgehead atoms. The summed E-state index contributed by atoms with van der Waals surface area (Å²) in [7, 11) is -3.27. The van der Waals surface area contributed by atoms with Gasteiger partial charge in [-0.1, -0.05) is 65.0 Å². The largest absolute Gasteiger partial charge is 0.478 e. The Labute approximate surface area is 283 Å². The van der Waals surface area contributed by atoms with Crippen molar-refractivity contribution >= 4 is 21.4 Å². The predicted molar refractivity (Wildman–Crippen MR) is 190 cm³/mol. The number of allylic oxidation sites excluding steroid dienone is 3. The number of aromatic carboxylic acids is 1. The van der Waals surface area contributed by atoms with Crippen LogP contribution >= 0.6 is 0 Å². The van der Waals surface area contributed by atoms with Gasteiger partial charge in [-0.15, -0.1) is 0 Å². The Balaban J connectivity index is 1.30. The minimum atomic E-state index is -3.27. The van der Waals surface area contributed by atoms with Crippen LogP contribution in [0.2, 0.25) is 0 Å². The van der Waals surface area contributed by atoms with E-state index in [1.807, 2.05) is 12.1 Å². The average Bonchev–Trinajstić information content (AvgIpc) is 3.37. The number of rotatable bonds is 9. The Bertz CT molecular complexity index is 1550. The van der Waals surface area contributed by atoms with Gasteiger partial charge in [0, 0.05) is 12.1 Å². The number of fused-ring (bicyclic) bond motifs is 7. The van der Waals surface area contributed by atoms with Gasteiger partial charge in [-0.3, -0.25) is 0 Å². The first-order valence-corrected chi connectivity index (χ1v) is 20.0. The van der Waals surface area contributed by atoms with Crippen LogP contribution in [0.1, 0.15) is 115 Å². The van der Waals surface area contributed by atoms with E-state index in [2.05, 4.69) is 59.5 Å². The number of nitrogens with one attached hydrogen (secondary N) is 1. The molecule has 5 aliphatic rings. The van der Waals surface area contributed by atoms with Crippen molar-refractivity contribution in [2.75, 3.05) is 24.7 Å². The van der Waals surface area contributed by atoms with Gasteiger partial charge in [-0.05, 0) is 139 Å². The number of aliphatic hydroxyl groups excluding tert-OH is 1. The molecule has 0 heterocycles. The number of carbonyl (C=O) groups is 1. The van der Waals surface area contributed by atoms with Crippen molar-refractivity contribution in [3.63, 3.8) is 0 Å². The standard InChI is InChI=1S/C40H59NO5S/c1-26(2)29-14-19-40(41-22-24-47(45,46)25-23-42)21-20-38(6)31(34(29)40)12-13-33-37(5)17-15-30(27-8-10-28(11-9-27)35(43)44)36(3,4)32(37)16-18-39(33,38)7/h8-11,15,29,31-34,41-42H,1,12-14,16-25H2,2-7H3,(H,43,44)/t29-,31+,32-,33+,34+,37-,38+,39+,40-/m0/s1. The van der Waals surface area contributed by atoms with Crippen LogP contribution in [0, 0.1) is 51.2 Å². The van der Waals surface area contributed by atoms with Gasteiger partial charge < -0.3 is 15.5 Å². The Kier molecular flexibility index (Phi) is 8.78. The second kappa shape index (κ2) is 11.8. The Morgan fingerprint density at radius 1 is 0.915 bits per heavy atom. The van der Waals surface area contributed by atoms with E-state index in [1.54, 1.807) is 12.1 Å². The molecule has 6 nitrogen and oxygen atoms in total. The Morgan fingerprint density at radius 2 is 1.62 bits per heavy atom. The zero-order valence-electron chi connectivity index (χ0n) is 29.7. The topological polar surface area (TPSA) is 104 Å². The molecule has 6 rings (SSSR count). The lowest BCUT2D eigenvalue weighted by Crippen LogP contribution is -2.68. The summed E-state index contributed by atoms with van der Waals surface area (Å²) < 4.78 is 25.0. The van der Waals surface area contributed by atoms with E-state index in [4.69, 9.17) is 0 Å². The Hall–Kier alpha value is -1.96. The number of sulfone groups is 1. The molecule has 0 saturated heterocycles. The van der Waals surface area contributed by atoms with E-state index in [1.165, 1.54) is 43.3 Å². The Morgan fingerprint density at radius 3 is 2.26 bits per heavy atom. The zero-order chi connectivity index (χ0) is 34.2. The van der Waals surface area contributed by atoms with Gasteiger partial charge in [0.25, 0.3) is 0 Å². The molecule has 7 heteroatoms. The number of hydrogen-bond donors (Lipinski definition) is 3. The highest BCUT2D eigenvalue weighted by Crippen LogP contribution is 2.76. The van der Waals surface area contributed by atoms with E-state index in [-0.39, 0.29) is 45.3 Å². The monoisotopic (exact) mass is 665 g/mol. The molecular formula is C40H59NO5S.